The number of nitrogens with zero attached hydrogens (tertiary/aromatic N) is 2. The Kier molecular flexibility index (Phi) is 4.53. The van der Waals surface area contributed by atoms with Crippen LogP contribution >= 0.6 is 23.3 Å². The highest BCUT2D eigenvalue weighted by molar-refractivity contribution is 8.00. The van der Waals surface area contributed by atoms with E-state index in [0.717, 1.165) is 15.9 Å². The van der Waals surface area contributed by atoms with Crippen LogP contribution in [-0.2, 0) is 0 Å². The van der Waals surface area contributed by atoms with Crippen LogP contribution in [0.15, 0.2) is 46.8 Å². The van der Waals surface area contributed by atoms with Crippen molar-refractivity contribution >= 4 is 34.1 Å². The fourth-order valence-corrected chi connectivity index (χ4v) is 4.18. The topological polar surface area (TPSA) is 37.8 Å². The van der Waals surface area contributed by atoms with E-state index in [1.807, 2.05) is 14.0 Å². The molecule has 3 aromatic rings. The van der Waals surface area contributed by atoms with Crippen LogP contribution in [0.4, 0.5) is 0 Å². The third-order valence-electron chi connectivity index (χ3n) is 3.43. The van der Waals surface area contributed by atoms with Gasteiger partial charge in [0.15, 0.2) is 4.34 Å². The van der Waals surface area contributed by atoms with Crippen molar-refractivity contribution in [1.29, 1.82) is 0 Å². The van der Waals surface area contributed by atoms with Crippen LogP contribution in [0.3, 0.4) is 0 Å². The van der Waals surface area contributed by atoms with Gasteiger partial charge in [0.25, 0.3) is 0 Å². The maximum absolute atomic E-state index is 4.42. The van der Waals surface area contributed by atoms with Gasteiger partial charge in [0, 0.05) is 11.8 Å². The minimum absolute atomic E-state index is 0.297. The van der Waals surface area contributed by atoms with Crippen LogP contribution in [0.1, 0.15) is 17.4 Å². The van der Waals surface area contributed by atoms with Gasteiger partial charge in [-0.2, -0.15) is 4.37 Å². The molecular weight excluding hydrogens is 298 g/mol. The zero-order chi connectivity index (χ0) is 14.7. The van der Waals surface area contributed by atoms with Crippen LogP contribution in [0.2, 0.25) is 0 Å². The van der Waals surface area contributed by atoms with Gasteiger partial charge >= 0.3 is 0 Å². The van der Waals surface area contributed by atoms with Gasteiger partial charge in [-0.1, -0.05) is 54.2 Å². The second kappa shape index (κ2) is 6.56. The van der Waals surface area contributed by atoms with Gasteiger partial charge < -0.3 is 5.32 Å². The first-order valence-corrected chi connectivity index (χ1v) is 8.62. The van der Waals surface area contributed by atoms with Crippen molar-refractivity contribution in [2.24, 2.45) is 0 Å². The molecule has 3 nitrogen and oxygen atoms in total. The van der Waals surface area contributed by atoms with Crippen molar-refractivity contribution in [2.45, 2.75) is 17.3 Å². The molecule has 1 aromatic heterocycles. The lowest BCUT2D eigenvalue weighted by Crippen LogP contribution is -2.19. The second-order valence-corrected chi connectivity index (χ2v) is 6.85. The number of hydrogen-bond donors (Lipinski definition) is 1. The summed E-state index contributed by atoms with van der Waals surface area (Å²) in [5, 5.41) is 6.02. The Morgan fingerprint density at radius 2 is 2.00 bits per heavy atom. The van der Waals surface area contributed by atoms with Gasteiger partial charge in [0.2, 0.25) is 0 Å². The maximum atomic E-state index is 4.42. The summed E-state index contributed by atoms with van der Waals surface area (Å²) in [4.78, 5) is 4.42. The number of thioether (sulfide) groups is 1. The molecule has 1 heterocycles. The van der Waals surface area contributed by atoms with Crippen LogP contribution in [0.5, 0.6) is 0 Å². The molecule has 0 fully saturated rings. The smallest absolute Gasteiger partial charge is 0.170 e. The molecule has 0 saturated carbocycles. The minimum Gasteiger partial charge on any atom is -0.312 e. The standard InChI is InChI=1S/C16H17N3S2/c1-11-18-16(21-19-11)20-10-15(17-2)14-9-5-7-12-6-3-4-8-13(12)14/h3-9,15,17H,10H2,1-2H3. The third-order valence-corrected chi connectivity index (χ3v) is 5.45. The van der Waals surface area contributed by atoms with Gasteiger partial charge in [0.05, 0.1) is 0 Å². The SMILES string of the molecule is CNC(CSc1nc(C)ns1)c1cccc2ccccc12. The monoisotopic (exact) mass is 315 g/mol. The Balaban J connectivity index is 1.84. The predicted molar refractivity (Wildman–Crippen MR) is 91.1 cm³/mol. The number of aryl methyl sites for hydroxylation is 1. The molecule has 2 aromatic carbocycles. The average molecular weight is 315 g/mol. The van der Waals surface area contributed by atoms with E-state index in [9.17, 15) is 0 Å². The molecule has 1 N–H and O–H groups in total. The van der Waals surface area contributed by atoms with Crippen molar-refractivity contribution in [2.75, 3.05) is 12.8 Å². The average Bonchev–Trinajstić information content (AvgIpc) is 2.93. The summed E-state index contributed by atoms with van der Waals surface area (Å²) in [7, 11) is 2.01. The van der Waals surface area contributed by atoms with Crippen molar-refractivity contribution in [1.82, 2.24) is 14.7 Å². The fraction of sp³-hybridized carbons (Fsp3) is 0.250. The van der Waals surface area contributed by atoms with Crippen LogP contribution < -0.4 is 5.32 Å². The Labute approximate surface area is 133 Å². The number of aromatic nitrogens is 2. The second-order valence-electron chi connectivity index (χ2n) is 4.83. The summed E-state index contributed by atoms with van der Waals surface area (Å²) in [6.07, 6.45) is 0. The Morgan fingerprint density at radius 3 is 2.76 bits per heavy atom. The van der Waals surface area contributed by atoms with Crippen molar-refractivity contribution in [3.8, 4) is 0 Å². The summed E-state index contributed by atoms with van der Waals surface area (Å²) in [5.41, 5.74) is 1.34. The van der Waals surface area contributed by atoms with Crippen LogP contribution in [-0.4, -0.2) is 22.2 Å². The third kappa shape index (κ3) is 3.26. The van der Waals surface area contributed by atoms with Gasteiger partial charge in [-0.3, -0.25) is 0 Å². The van der Waals surface area contributed by atoms with E-state index < -0.39 is 0 Å². The first-order chi connectivity index (χ1) is 10.3. The number of rotatable bonds is 5. The molecular formula is C16H17N3S2. The molecule has 3 rings (SSSR count). The normalized spacial score (nSPS) is 12.7. The summed E-state index contributed by atoms with van der Waals surface area (Å²) in [6.45, 7) is 1.93. The van der Waals surface area contributed by atoms with Gasteiger partial charge in [0.1, 0.15) is 5.82 Å². The largest absolute Gasteiger partial charge is 0.312 e. The minimum atomic E-state index is 0.297. The van der Waals surface area contributed by atoms with Crippen LogP contribution in [0, 0.1) is 6.92 Å². The summed E-state index contributed by atoms with van der Waals surface area (Å²) < 4.78 is 5.27. The van der Waals surface area contributed by atoms with Gasteiger partial charge in [-0.25, -0.2) is 4.98 Å². The number of nitrogens with one attached hydrogen (secondary N) is 1. The molecule has 0 aliphatic heterocycles. The lowest BCUT2D eigenvalue weighted by atomic mass is 10.00. The number of benzene rings is 2. The van der Waals surface area contributed by atoms with Crippen molar-refractivity contribution < 1.29 is 0 Å². The zero-order valence-corrected chi connectivity index (χ0v) is 13.7. The van der Waals surface area contributed by atoms with E-state index in [0.29, 0.717) is 6.04 Å². The molecule has 0 amide bonds. The van der Waals surface area contributed by atoms with E-state index >= 15 is 0 Å². The first-order valence-electron chi connectivity index (χ1n) is 6.86. The Morgan fingerprint density at radius 1 is 1.19 bits per heavy atom. The van der Waals surface area contributed by atoms with Gasteiger partial charge in [-0.15, -0.1) is 0 Å². The van der Waals surface area contributed by atoms with E-state index in [2.05, 4.69) is 57.1 Å². The molecule has 0 aliphatic carbocycles. The highest BCUT2D eigenvalue weighted by Gasteiger charge is 2.14. The lowest BCUT2D eigenvalue weighted by molar-refractivity contribution is 0.666. The molecule has 0 radical (unpaired) electrons. The van der Waals surface area contributed by atoms with Crippen LogP contribution in [0.25, 0.3) is 10.8 Å². The summed E-state index contributed by atoms with van der Waals surface area (Å²) in [5.74, 6) is 1.80. The molecule has 108 valence electrons. The fourth-order valence-electron chi connectivity index (χ4n) is 2.37. The van der Waals surface area contributed by atoms with E-state index in [1.165, 1.54) is 27.9 Å². The maximum Gasteiger partial charge on any atom is 0.170 e. The summed E-state index contributed by atoms with van der Waals surface area (Å²) >= 11 is 3.23. The molecule has 21 heavy (non-hydrogen) atoms. The molecule has 0 aliphatic rings. The molecule has 0 saturated heterocycles. The predicted octanol–water partition coefficient (Wildman–Crippen LogP) is 4.05. The molecule has 0 spiro atoms. The van der Waals surface area contributed by atoms with Gasteiger partial charge in [-0.05, 0) is 41.8 Å². The van der Waals surface area contributed by atoms with Crippen molar-refractivity contribution in [3.63, 3.8) is 0 Å². The molecule has 1 atom stereocenters. The lowest BCUT2D eigenvalue weighted by Gasteiger charge is -2.17. The van der Waals surface area contributed by atoms with E-state index in [4.69, 9.17) is 0 Å². The highest BCUT2D eigenvalue weighted by atomic mass is 32.2. The Bertz CT molecular complexity index is 734. The summed E-state index contributed by atoms with van der Waals surface area (Å²) in [6, 6.07) is 15.3. The van der Waals surface area contributed by atoms with Crippen molar-refractivity contribution in [3.05, 3.63) is 53.9 Å². The number of hydrogen-bond acceptors (Lipinski definition) is 5. The molecule has 0 bridgehead atoms. The molecule has 5 heteroatoms. The highest BCUT2D eigenvalue weighted by Crippen LogP contribution is 2.29. The van der Waals surface area contributed by atoms with E-state index in [1.54, 1.807) is 11.8 Å². The Hall–Kier alpha value is -1.43. The van der Waals surface area contributed by atoms with E-state index in [-0.39, 0.29) is 0 Å². The zero-order valence-electron chi connectivity index (χ0n) is 12.0. The molecule has 1 unspecified atom stereocenters. The first kappa shape index (κ1) is 14.5. The quantitative estimate of drug-likeness (QED) is 0.721. The number of fused-ring (bicyclic) bond motifs is 1.